The molecule has 0 aliphatic rings. The number of H-pyrrole nitrogens is 1. The summed E-state index contributed by atoms with van der Waals surface area (Å²) < 4.78 is 2.17. The summed E-state index contributed by atoms with van der Waals surface area (Å²) in [5.41, 5.74) is 3.30. The lowest BCUT2D eigenvalue weighted by Gasteiger charge is -2.08. The Balaban J connectivity index is 0.000000704. The highest BCUT2D eigenvalue weighted by Crippen LogP contribution is 2.17. The molecule has 3 aromatic rings. The summed E-state index contributed by atoms with van der Waals surface area (Å²) in [4.78, 5) is 14.4. The van der Waals surface area contributed by atoms with E-state index in [0.717, 1.165) is 23.1 Å². The molecule has 0 saturated heterocycles. The van der Waals surface area contributed by atoms with Crippen molar-refractivity contribution in [3.05, 3.63) is 70.3 Å². The van der Waals surface area contributed by atoms with E-state index < -0.39 is 0 Å². The van der Waals surface area contributed by atoms with Crippen molar-refractivity contribution in [2.24, 2.45) is 0 Å². The maximum absolute atomic E-state index is 11.7. The Morgan fingerprint density at radius 2 is 1.80 bits per heavy atom. The molecule has 3 heteroatoms. The fraction of sp³-hybridized carbons (Fsp3) is 0.235. The summed E-state index contributed by atoms with van der Waals surface area (Å²) in [5, 5.41) is 0.755. The lowest BCUT2D eigenvalue weighted by Crippen LogP contribution is -2.05. The summed E-state index contributed by atoms with van der Waals surface area (Å²) in [6.45, 7) is 6.82. The predicted octanol–water partition coefficient (Wildman–Crippen LogP) is 3.71. The number of benzene rings is 1. The number of hydrogen-bond acceptors (Lipinski definition) is 1. The van der Waals surface area contributed by atoms with Gasteiger partial charge < -0.3 is 9.55 Å². The van der Waals surface area contributed by atoms with Crippen LogP contribution in [0.3, 0.4) is 0 Å². The van der Waals surface area contributed by atoms with Crippen LogP contribution in [0.1, 0.15) is 25.1 Å². The van der Waals surface area contributed by atoms with Gasteiger partial charge in [0.05, 0.1) is 10.9 Å². The first-order valence-corrected chi connectivity index (χ1v) is 6.97. The van der Waals surface area contributed by atoms with Gasteiger partial charge in [-0.3, -0.25) is 4.79 Å². The van der Waals surface area contributed by atoms with Crippen molar-refractivity contribution >= 4 is 10.9 Å². The van der Waals surface area contributed by atoms with Gasteiger partial charge in [-0.05, 0) is 24.6 Å². The molecule has 0 fully saturated rings. The largest absolute Gasteiger partial charge is 0.340 e. The zero-order valence-corrected chi connectivity index (χ0v) is 12.2. The number of rotatable bonds is 2. The van der Waals surface area contributed by atoms with Crippen LogP contribution in [-0.2, 0) is 6.54 Å². The Bertz CT molecular complexity index is 739. The Hall–Kier alpha value is -2.29. The van der Waals surface area contributed by atoms with Crippen LogP contribution in [0.5, 0.6) is 0 Å². The van der Waals surface area contributed by atoms with Crippen LogP contribution in [0.4, 0.5) is 0 Å². The van der Waals surface area contributed by atoms with Crippen molar-refractivity contribution < 1.29 is 0 Å². The smallest absolute Gasteiger partial charge is 0.257 e. The summed E-state index contributed by atoms with van der Waals surface area (Å²) in [6.07, 6.45) is 1.70. The monoisotopic (exact) mass is 268 g/mol. The molecule has 104 valence electrons. The Labute approximate surface area is 118 Å². The molecule has 3 rings (SSSR count). The van der Waals surface area contributed by atoms with Gasteiger partial charge in [0.25, 0.3) is 5.56 Å². The maximum atomic E-state index is 11.7. The minimum absolute atomic E-state index is 0.0255. The number of aromatic nitrogens is 2. The molecule has 0 radical (unpaired) electrons. The van der Waals surface area contributed by atoms with E-state index in [9.17, 15) is 4.79 Å². The van der Waals surface area contributed by atoms with Crippen LogP contribution in [0.15, 0.2) is 53.5 Å². The van der Waals surface area contributed by atoms with Gasteiger partial charge in [-0.25, -0.2) is 0 Å². The molecule has 0 aliphatic carbocycles. The molecule has 0 amide bonds. The molecule has 3 nitrogen and oxygen atoms in total. The molecule has 0 saturated carbocycles. The minimum Gasteiger partial charge on any atom is -0.340 e. The SMILES string of the molecule is CC.Cc1cc2c(=O)[nH]ccc2n1Cc1ccccc1. The number of pyridine rings is 1. The summed E-state index contributed by atoms with van der Waals surface area (Å²) >= 11 is 0. The molecule has 0 atom stereocenters. The summed E-state index contributed by atoms with van der Waals surface area (Å²) in [6, 6.07) is 14.2. The zero-order valence-electron chi connectivity index (χ0n) is 12.2. The van der Waals surface area contributed by atoms with Gasteiger partial charge in [-0.2, -0.15) is 0 Å². The van der Waals surface area contributed by atoms with E-state index in [-0.39, 0.29) is 5.56 Å². The van der Waals surface area contributed by atoms with Crippen LogP contribution in [0.2, 0.25) is 0 Å². The van der Waals surface area contributed by atoms with Gasteiger partial charge in [0, 0.05) is 18.4 Å². The fourth-order valence-corrected chi connectivity index (χ4v) is 2.31. The lowest BCUT2D eigenvalue weighted by atomic mass is 10.2. The van der Waals surface area contributed by atoms with Crippen LogP contribution < -0.4 is 5.56 Å². The molecule has 2 heterocycles. The molecular weight excluding hydrogens is 248 g/mol. The number of nitrogens with one attached hydrogen (secondary N) is 1. The van der Waals surface area contributed by atoms with Gasteiger partial charge in [0.15, 0.2) is 0 Å². The van der Waals surface area contributed by atoms with Crippen molar-refractivity contribution in [1.29, 1.82) is 0 Å². The molecule has 0 bridgehead atoms. The molecule has 20 heavy (non-hydrogen) atoms. The highest BCUT2D eigenvalue weighted by Gasteiger charge is 2.08. The lowest BCUT2D eigenvalue weighted by molar-refractivity contribution is 0.804. The standard InChI is InChI=1S/C15H14N2O.C2H6/c1-11-9-13-14(7-8-16-15(13)18)17(11)10-12-5-3-2-4-6-12;1-2/h2-9H,10H2,1H3,(H,16,18);1-2H3. The maximum Gasteiger partial charge on any atom is 0.257 e. The van der Waals surface area contributed by atoms with Gasteiger partial charge in [-0.15, -0.1) is 0 Å². The van der Waals surface area contributed by atoms with Gasteiger partial charge in [0.2, 0.25) is 0 Å². The van der Waals surface area contributed by atoms with Crippen molar-refractivity contribution in [3.8, 4) is 0 Å². The topological polar surface area (TPSA) is 37.8 Å². The third kappa shape index (κ3) is 2.67. The second-order valence-electron chi connectivity index (χ2n) is 4.46. The highest BCUT2D eigenvalue weighted by atomic mass is 16.1. The van der Waals surface area contributed by atoms with Crippen molar-refractivity contribution in [1.82, 2.24) is 9.55 Å². The van der Waals surface area contributed by atoms with Crippen LogP contribution in [0, 0.1) is 6.92 Å². The van der Waals surface area contributed by atoms with E-state index in [2.05, 4.69) is 21.7 Å². The van der Waals surface area contributed by atoms with Crippen LogP contribution in [-0.4, -0.2) is 9.55 Å². The Morgan fingerprint density at radius 3 is 2.50 bits per heavy atom. The van der Waals surface area contributed by atoms with Crippen molar-refractivity contribution in [2.75, 3.05) is 0 Å². The summed E-state index contributed by atoms with van der Waals surface area (Å²) in [7, 11) is 0. The summed E-state index contributed by atoms with van der Waals surface area (Å²) in [5.74, 6) is 0. The Morgan fingerprint density at radius 1 is 1.10 bits per heavy atom. The van der Waals surface area contributed by atoms with E-state index in [1.54, 1.807) is 6.20 Å². The van der Waals surface area contributed by atoms with E-state index in [0.29, 0.717) is 0 Å². The zero-order chi connectivity index (χ0) is 14.5. The first-order valence-electron chi connectivity index (χ1n) is 6.97. The van der Waals surface area contributed by atoms with Crippen LogP contribution >= 0.6 is 0 Å². The second-order valence-corrected chi connectivity index (χ2v) is 4.46. The molecule has 0 aliphatic heterocycles. The van der Waals surface area contributed by atoms with E-state index in [1.165, 1.54) is 5.56 Å². The molecular formula is C17H20N2O. The normalized spacial score (nSPS) is 10.2. The first-order chi connectivity index (χ1) is 9.75. The highest BCUT2D eigenvalue weighted by molar-refractivity contribution is 5.80. The number of aromatic amines is 1. The number of nitrogens with zero attached hydrogens (tertiary/aromatic N) is 1. The third-order valence-electron chi connectivity index (χ3n) is 3.23. The van der Waals surface area contributed by atoms with Crippen LogP contribution in [0.25, 0.3) is 10.9 Å². The second kappa shape index (κ2) is 6.24. The minimum atomic E-state index is -0.0255. The predicted molar refractivity (Wildman–Crippen MR) is 84.2 cm³/mol. The number of fused-ring (bicyclic) bond motifs is 1. The fourth-order valence-electron chi connectivity index (χ4n) is 2.31. The molecule has 0 spiro atoms. The molecule has 2 aromatic heterocycles. The first kappa shape index (κ1) is 14.1. The van der Waals surface area contributed by atoms with Crippen molar-refractivity contribution in [2.45, 2.75) is 27.3 Å². The molecule has 0 unspecified atom stereocenters. The molecule has 1 aromatic carbocycles. The average Bonchev–Trinajstić information content (AvgIpc) is 2.81. The Kier molecular flexibility index (Phi) is 4.41. The number of hydrogen-bond donors (Lipinski definition) is 1. The van der Waals surface area contributed by atoms with E-state index in [1.807, 2.05) is 51.1 Å². The average molecular weight is 268 g/mol. The molecule has 1 N–H and O–H groups in total. The van der Waals surface area contributed by atoms with Gasteiger partial charge in [0.1, 0.15) is 0 Å². The van der Waals surface area contributed by atoms with Crippen molar-refractivity contribution in [3.63, 3.8) is 0 Å². The van der Waals surface area contributed by atoms with Gasteiger partial charge >= 0.3 is 0 Å². The van der Waals surface area contributed by atoms with E-state index >= 15 is 0 Å². The van der Waals surface area contributed by atoms with Gasteiger partial charge in [-0.1, -0.05) is 44.2 Å². The quantitative estimate of drug-likeness (QED) is 0.756. The number of aryl methyl sites for hydroxylation is 1. The third-order valence-corrected chi connectivity index (χ3v) is 3.23. The van der Waals surface area contributed by atoms with E-state index in [4.69, 9.17) is 0 Å².